The number of rotatable bonds is 4. The summed E-state index contributed by atoms with van der Waals surface area (Å²) in [4.78, 5) is 2.42. The van der Waals surface area contributed by atoms with E-state index in [-0.39, 0.29) is 0 Å². The first-order chi connectivity index (χ1) is 9.52. The molecule has 1 fully saturated rings. The van der Waals surface area contributed by atoms with Crippen LogP contribution in [0.4, 0.5) is 0 Å². The van der Waals surface area contributed by atoms with Crippen LogP contribution in [-0.2, 0) is 6.42 Å². The van der Waals surface area contributed by atoms with Crippen molar-refractivity contribution in [2.24, 2.45) is 5.73 Å². The first-order valence-corrected chi connectivity index (χ1v) is 7.96. The number of hydrogen-bond acceptors (Lipinski definition) is 3. The number of halogens is 1. The Morgan fingerprint density at radius 1 is 1.35 bits per heavy atom. The second-order valence-electron chi connectivity index (χ2n) is 5.86. The number of benzene rings is 1. The van der Waals surface area contributed by atoms with E-state index in [4.69, 9.17) is 11.0 Å². The molecular formula is C16H22BrN3. The molecule has 108 valence electrons. The van der Waals surface area contributed by atoms with Crippen molar-refractivity contribution in [2.75, 3.05) is 13.6 Å². The summed E-state index contributed by atoms with van der Waals surface area (Å²) in [5.41, 5.74) is 6.80. The fraction of sp³-hybridized carbons (Fsp3) is 0.562. The Morgan fingerprint density at radius 2 is 1.95 bits per heavy atom. The van der Waals surface area contributed by atoms with Gasteiger partial charge >= 0.3 is 0 Å². The van der Waals surface area contributed by atoms with Crippen LogP contribution in [0.15, 0.2) is 28.7 Å². The zero-order valence-corrected chi connectivity index (χ0v) is 13.6. The molecule has 0 bridgehead atoms. The first kappa shape index (κ1) is 15.5. The third kappa shape index (κ3) is 4.05. The molecular weight excluding hydrogens is 314 g/mol. The van der Waals surface area contributed by atoms with E-state index in [1.165, 1.54) is 5.56 Å². The van der Waals surface area contributed by atoms with Crippen LogP contribution in [0, 0.1) is 11.3 Å². The Kier molecular flexibility index (Phi) is 5.20. The second kappa shape index (κ2) is 6.71. The highest BCUT2D eigenvalue weighted by Gasteiger charge is 2.32. The number of hydrogen-bond donors (Lipinski definition) is 1. The van der Waals surface area contributed by atoms with Crippen molar-refractivity contribution in [1.29, 1.82) is 5.26 Å². The summed E-state index contributed by atoms with van der Waals surface area (Å²) in [5.74, 6) is 0. The Labute approximate surface area is 129 Å². The molecule has 1 aliphatic carbocycles. The fourth-order valence-electron chi connectivity index (χ4n) is 2.81. The number of nitrogens with two attached hydrogens (primary N) is 1. The predicted molar refractivity (Wildman–Crippen MR) is 85.3 cm³/mol. The van der Waals surface area contributed by atoms with Crippen LogP contribution < -0.4 is 5.73 Å². The zero-order valence-electron chi connectivity index (χ0n) is 12.0. The highest BCUT2D eigenvalue weighted by atomic mass is 79.9. The Bertz CT molecular complexity index is 469. The average molecular weight is 336 g/mol. The lowest BCUT2D eigenvalue weighted by Gasteiger charge is -2.36. The van der Waals surface area contributed by atoms with Gasteiger partial charge in [0.05, 0.1) is 6.07 Å². The molecule has 20 heavy (non-hydrogen) atoms. The van der Waals surface area contributed by atoms with E-state index in [9.17, 15) is 0 Å². The van der Waals surface area contributed by atoms with Crippen LogP contribution in [0.2, 0.25) is 0 Å². The van der Waals surface area contributed by atoms with Gasteiger partial charge in [0.1, 0.15) is 5.54 Å². The van der Waals surface area contributed by atoms with Crippen LogP contribution in [0.25, 0.3) is 0 Å². The Morgan fingerprint density at radius 3 is 2.50 bits per heavy atom. The van der Waals surface area contributed by atoms with Crippen molar-refractivity contribution in [2.45, 2.75) is 43.7 Å². The average Bonchev–Trinajstić information content (AvgIpc) is 2.47. The van der Waals surface area contributed by atoms with Crippen molar-refractivity contribution in [3.05, 3.63) is 34.3 Å². The highest BCUT2D eigenvalue weighted by molar-refractivity contribution is 9.10. The summed E-state index contributed by atoms with van der Waals surface area (Å²) in [5, 5.41) is 9.06. The minimum atomic E-state index is -0.580. The molecule has 1 saturated carbocycles. The molecule has 2 rings (SSSR count). The van der Waals surface area contributed by atoms with Gasteiger partial charge in [-0.3, -0.25) is 0 Å². The molecule has 4 heteroatoms. The molecule has 0 heterocycles. The molecule has 0 saturated heterocycles. The van der Waals surface area contributed by atoms with E-state index in [2.05, 4.69) is 58.2 Å². The lowest BCUT2D eigenvalue weighted by molar-refractivity contribution is 0.169. The maximum atomic E-state index is 9.06. The fourth-order valence-corrected chi connectivity index (χ4v) is 3.07. The number of nitriles is 1. The summed E-state index contributed by atoms with van der Waals surface area (Å²) in [6.45, 7) is 1.05. The summed E-state index contributed by atoms with van der Waals surface area (Å²) in [7, 11) is 2.18. The van der Waals surface area contributed by atoms with Gasteiger partial charge in [-0.25, -0.2) is 0 Å². The van der Waals surface area contributed by atoms with E-state index in [1.807, 2.05) is 0 Å². The van der Waals surface area contributed by atoms with Crippen molar-refractivity contribution >= 4 is 15.9 Å². The predicted octanol–water partition coefficient (Wildman–Crippen LogP) is 3.09. The van der Waals surface area contributed by atoms with Crippen molar-refractivity contribution in [1.82, 2.24) is 4.90 Å². The van der Waals surface area contributed by atoms with E-state index in [1.54, 1.807) is 0 Å². The van der Waals surface area contributed by atoms with Gasteiger partial charge < -0.3 is 10.6 Å². The van der Waals surface area contributed by atoms with E-state index in [0.29, 0.717) is 6.04 Å². The summed E-state index contributed by atoms with van der Waals surface area (Å²) in [6, 6.07) is 11.3. The minimum absolute atomic E-state index is 0.565. The second-order valence-corrected chi connectivity index (χ2v) is 6.77. The van der Waals surface area contributed by atoms with E-state index < -0.39 is 5.54 Å². The standard InChI is InChI=1S/C16H22BrN3/c1-20(11-8-13-2-4-14(17)5-3-13)15-6-9-16(19,12-18)10-7-15/h2-5,15H,6-11,19H2,1H3. The molecule has 0 spiro atoms. The molecule has 0 unspecified atom stereocenters. The lowest BCUT2D eigenvalue weighted by atomic mass is 9.81. The van der Waals surface area contributed by atoms with Gasteiger partial charge in [0, 0.05) is 17.1 Å². The van der Waals surface area contributed by atoms with Crippen LogP contribution >= 0.6 is 15.9 Å². The molecule has 1 aromatic carbocycles. The molecule has 1 aromatic rings. The van der Waals surface area contributed by atoms with Crippen LogP contribution in [0.3, 0.4) is 0 Å². The Hall–Kier alpha value is -0.890. The quantitative estimate of drug-likeness (QED) is 0.919. The lowest BCUT2D eigenvalue weighted by Crippen LogP contribution is -2.47. The van der Waals surface area contributed by atoms with Crippen LogP contribution in [0.1, 0.15) is 31.2 Å². The summed E-state index contributed by atoms with van der Waals surface area (Å²) in [6.07, 6.45) is 4.75. The minimum Gasteiger partial charge on any atom is -0.313 e. The van der Waals surface area contributed by atoms with E-state index >= 15 is 0 Å². The topological polar surface area (TPSA) is 53.0 Å². The highest BCUT2D eigenvalue weighted by Crippen LogP contribution is 2.28. The van der Waals surface area contributed by atoms with Crippen LogP contribution in [0.5, 0.6) is 0 Å². The summed E-state index contributed by atoms with van der Waals surface area (Å²) >= 11 is 3.46. The molecule has 0 aliphatic heterocycles. The van der Waals surface area contributed by atoms with Gasteiger partial charge in [0.25, 0.3) is 0 Å². The summed E-state index contributed by atoms with van der Waals surface area (Å²) < 4.78 is 1.12. The SMILES string of the molecule is CN(CCc1ccc(Br)cc1)C1CCC(N)(C#N)CC1. The monoisotopic (exact) mass is 335 g/mol. The molecule has 0 amide bonds. The largest absolute Gasteiger partial charge is 0.313 e. The maximum Gasteiger partial charge on any atom is 0.104 e. The Balaban J connectivity index is 1.80. The molecule has 3 nitrogen and oxygen atoms in total. The van der Waals surface area contributed by atoms with Gasteiger partial charge in [-0.05, 0) is 56.8 Å². The molecule has 0 atom stereocenters. The van der Waals surface area contributed by atoms with Crippen LogP contribution in [-0.4, -0.2) is 30.1 Å². The molecule has 2 N–H and O–H groups in total. The van der Waals surface area contributed by atoms with E-state index in [0.717, 1.165) is 43.1 Å². The maximum absolute atomic E-state index is 9.06. The van der Waals surface area contributed by atoms with Crippen molar-refractivity contribution < 1.29 is 0 Å². The molecule has 1 aliphatic rings. The molecule has 0 radical (unpaired) electrons. The number of likely N-dealkylation sites (N-methyl/N-ethyl adjacent to an activating group) is 1. The van der Waals surface area contributed by atoms with Gasteiger partial charge in [0.2, 0.25) is 0 Å². The van der Waals surface area contributed by atoms with Gasteiger partial charge in [-0.1, -0.05) is 28.1 Å². The molecule has 0 aromatic heterocycles. The first-order valence-electron chi connectivity index (χ1n) is 7.17. The third-order valence-electron chi connectivity index (χ3n) is 4.36. The normalized spacial score (nSPS) is 26.4. The van der Waals surface area contributed by atoms with Gasteiger partial charge in [0.15, 0.2) is 0 Å². The third-order valence-corrected chi connectivity index (χ3v) is 4.89. The van der Waals surface area contributed by atoms with Crippen molar-refractivity contribution in [3.63, 3.8) is 0 Å². The number of nitrogens with zero attached hydrogens (tertiary/aromatic N) is 2. The zero-order chi connectivity index (χ0) is 14.6. The van der Waals surface area contributed by atoms with Gasteiger partial charge in [-0.2, -0.15) is 5.26 Å². The van der Waals surface area contributed by atoms with Crippen molar-refractivity contribution in [3.8, 4) is 6.07 Å². The smallest absolute Gasteiger partial charge is 0.104 e. The van der Waals surface area contributed by atoms with Gasteiger partial charge in [-0.15, -0.1) is 0 Å².